The summed E-state index contributed by atoms with van der Waals surface area (Å²) in [5.74, 6) is 0.654. The minimum atomic E-state index is -0.0684. The predicted octanol–water partition coefficient (Wildman–Crippen LogP) is 3.45. The minimum Gasteiger partial charge on any atom is -0.494 e. The van der Waals surface area contributed by atoms with Crippen LogP contribution in [0, 0.1) is 6.92 Å². The van der Waals surface area contributed by atoms with Crippen molar-refractivity contribution in [3.8, 4) is 5.75 Å². The van der Waals surface area contributed by atoms with Crippen LogP contribution in [0.1, 0.15) is 22.3 Å². The zero-order valence-electron chi connectivity index (χ0n) is 16.6. The number of nitrogens with zero attached hydrogens (tertiary/aromatic N) is 2. The van der Waals surface area contributed by atoms with Crippen molar-refractivity contribution in [1.29, 1.82) is 0 Å². The lowest BCUT2D eigenvalue weighted by Crippen LogP contribution is -3.05. The van der Waals surface area contributed by atoms with E-state index in [2.05, 4.69) is 14.1 Å². The molecule has 148 valence electrons. The SMILES string of the molecule is COc1ccc(C)c2sc(N(CCC[NH+](C)C)C(=O)c3ccc(Cl)cc3)nc12. The van der Waals surface area contributed by atoms with E-state index in [4.69, 9.17) is 21.3 Å². The van der Waals surface area contributed by atoms with Gasteiger partial charge in [-0.2, -0.15) is 0 Å². The third kappa shape index (κ3) is 4.46. The maximum Gasteiger partial charge on any atom is 0.260 e. The Morgan fingerprint density at radius 1 is 1.21 bits per heavy atom. The molecular weight excluding hydrogens is 394 g/mol. The molecule has 0 saturated heterocycles. The molecule has 0 aliphatic heterocycles. The monoisotopic (exact) mass is 418 g/mol. The molecule has 3 aromatic rings. The Hall–Kier alpha value is -2.15. The highest BCUT2D eigenvalue weighted by Gasteiger charge is 2.23. The fourth-order valence-corrected chi connectivity index (χ4v) is 4.20. The average Bonchev–Trinajstić information content (AvgIpc) is 3.11. The van der Waals surface area contributed by atoms with Crippen molar-refractivity contribution in [3.05, 3.63) is 52.5 Å². The van der Waals surface area contributed by atoms with Crippen LogP contribution in [-0.2, 0) is 0 Å². The molecule has 3 rings (SSSR count). The van der Waals surface area contributed by atoms with Crippen molar-refractivity contribution in [2.75, 3.05) is 39.2 Å². The van der Waals surface area contributed by atoms with E-state index in [-0.39, 0.29) is 5.91 Å². The second-order valence-corrected chi connectivity index (χ2v) is 8.45. The van der Waals surface area contributed by atoms with Crippen LogP contribution >= 0.6 is 22.9 Å². The number of ether oxygens (including phenoxy) is 1. The lowest BCUT2D eigenvalue weighted by atomic mass is 10.2. The van der Waals surface area contributed by atoms with E-state index < -0.39 is 0 Å². The second kappa shape index (κ2) is 8.90. The Bertz CT molecular complexity index is 970. The number of quaternary nitrogens is 1. The van der Waals surface area contributed by atoms with Gasteiger partial charge in [-0.3, -0.25) is 9.69 Å². The molecule has 28 heavy (non-hydrogen) atoms. The van der Waals surface area contributed by atoms with Crippen molar-refractivity contribution in [3.63, 3.8) is 0 Å². The Balaban J connectivity index is 2.00. The fourth-order valence-electron chi connectivity index (χ4n) is 3.00. The van der Waals surface area contributed by atoms with Gasteiger partial charge in [-0.05, 0) is 42.8 Å². The summed E-state index contributed by atoms with van der Waals surface area (Å²) in [4.78, 5) is 21.2. The molecule has 0 spiro atoms. The smallest absolute Gasteiger partial charge is 0.260 e. The van der Waals surface area contributed by atoms with Crippen molar-refractivity contribution >= 4 is 44.2 Å². The van der Waals surface area contributed by atoms with Crippen LogP contribution in [0.5, 0.6) is 5.75 Å². The number of hydrogen-bond acceptors (Lipinski definition) is 4. The van der Waals surface area contributed by atoms with Gasteiger partial charge in [-0.25, -0.2) is 4.98 Å². The first-order chi connectivity index (χ1) is 13.4. The lowest BCUT2D eigenvalue weighted by Gasteiger charge is -2.20. The number of halogens is 1. The van der Waals surface area contributed by atoms with Crippen LogP contribution in [0.4, 0.5) is 5.13 Å². The lowest BCUT2D eigenvalue weighted by molar-refractivity contribution is -0.858. The molecule has 2 aromatic carbocycles. The number of aryl methyl sites for hydroxylation is 1. The maximum atomic E-state index is 13.3. The van der Waals surface area contributed by atoms with Crippen LogP contribution in [0.25, 0.3) is 10.2 Å². The number of amides is 1. The Morgan fingerprint density at radius 2 is 1.93 bits per heavy atom. The number of benzene rings is 2. The molecule has 0 radical (unpaired) electrons. The standard InChI is InChI=1S/C21H24ClN3O2S/c1-14-6-11-17(27-4)18-19(14)28-21(23-18)25(13-5-12-24(2)3)20(26)15-7-9-16(22)10-8-15/h6-11H,5,12-13H2,1-4H3/p+1. The molecule has 0 unspecified atom stereocenters. The van der Waals surface area contributed by atoms with E-state index in [9.17, 15) is 4.79 Å². The van der Waals surface area contributed by atoms with Crippen molar-refractivity contribution in [1.82, 2.24) is 4.98 Å². The maximum absolute atomic E-state index is 13.3. The zero-order chi connectivity index (χ0) is 20.3. The summed E-state index contributed by atoms with van der Waals surface area (Å²) in [5.41, 5.74) is 2.52. The highest BCUT2D eigenvalue weighted by atomic mass is 35.5. The van der Waals surface area contributed by atoms with Gasteiger partial charge in [0, 0.05) is 23.6 Å². The largest absolute Gasteiger partial charge is 0.494 e. The molecule has 0 aliphatic carbocycles. The van der Waals surface area contributed by atoms with Gasteiger partial charge in [0.25, 0.3) is 5.91 Å². The molecule has 1 heterocycles. The second-order valence-electron chi connectivity index (χ2n) is 7.03. The molecule has 0 bridgehead atoms. The summed E-state index contributed by atoms with van der Waals surface area (Å²) >= 11 is 7.51. The van der Waals surface area contributed by atoms with E-state index in [0.29, 0.717) is 22.3 Å². The quantitative estimate of drug-likeness (QED) is 0.639. The summed E-state index contributed by atoms with van der Waals surface area (Å²) in [7, 11) is 5.86. The molecule has 0 aliphatic rings. The van der Waals surface area contributed by atoms with Gasteiger partial charge in [-0.15, -0.1) is 0 Å². The first-order valence-electron chi connectivity index (χ1n) is 9.21. The van der Waals surface area contributed by atoms with E-state index >= 15 is 0 Å². The minimum absolute atomic E-state index is 0.0684. The number of carbonyl (C=O) groups is 1. The number of fused-ring (bicyclic) bond motifs is 1. The summed E-state index contributed by atoms with van der Waals surface area (Å²) in [6.07, 6.45) is 0.883. The van der Waals surface area contributed by atoms with Crippen LogP contribution < -0.4 is 14.5 Å². The molecule has 1 N–H and O–H groups in total. The predicted molar refractivity (Wildman–Crippen MR) is 116 cm³/mol. The molecule has 0 fully saturated rings. The van der Waals surface area contributed by atoms with Crippen LogP contribution in [0.2, 0.25) is 5.02 Å². The van der Waals surface area contributed by atoms with Gasteiger partial charge in [0.15, 0.2) is 5.13 Å². The van der Waals surface area contributed by atoms with Gasteiger partial charge in [0.1, 0.15) is 11.3 Å². The third-order valence-electron chi connectivity index (χ3n) is 4.54. The zero-order valence-corrected chi connectivity index (χ0v) is 18.2. The van der Waals surface area contributed by atoms with E-state index in [1.807, 2.05) is 19.1 Å². The number of anilines is 1. The number of rotatable bonds is 7. The summed E-state index contributed by atoms with van der Waals surface area (Å²) in [6, 6.07) is 10.9. The van der Waals surface area contributed by atoms with Gasteiger partial charge in [-0.1, -0.05) is 29.0 Å². The van der Waals surface area contributed by atoms with Crippen LogP contribution in [-0.4, -0.2) is 45.2 Å². The Morgan fingerprint density at radius 3 is 2.57 bits per heavy atom. The third-order valence-corrected chi connectivity index (χ3v) is 6.00. The molecule has 5 nitrogen and oxygen atoms in total. The van der Waals surface area contributed by atoms with E-state index in [0.717, 1.165) is 34.5 Å². The van der Waals surface area contributed by atoms with Crippen molar-refractivity contribution < 1.29 is 14.4 Å². The number of carbonyl (C=O) groups excluding carboxylic acids is 1. The Labute approximate surface area is 174 Å². The fraction of sp³-hybridized carbons (Fsp3) is 0.333. The summed E-state index contributed by atoms with van der Waals surface area (Å²) in [6.45, 7) is 3.62. The molecule has 1 amide bonds. The number of aromatic nitrogens is 1. The number of methoxy groups -OCH3 is 1. The van der Waals surface area contributed by atoms with E-state index in [1.54, 1.807) is 36.3 Å². The average molecular weight is 419 g/mol. The van der Waals surface area contributed by atoms with Crippen LogP contribution in [0.15, 0.2) is 36.4 Å². The Kier molecular flexibility index (Phi) is 6.54. The topological polar surface area (TPSA) is 46.9 Å². The van der Waals surface area contributed by atoms with Crippen LogP contribution in [0.3, 0.4) is 0 Å². The molecule has 1 aromatic heterocycles. The normalized spacial score (nSPS) is 11.2. The highest BCUT2D eigenvalue weighted by Crippen LogP contribution is 2.36. The van der Waals surface area contributed by atoms with Gasteiger partial charge in [0.2, 0.25) is 0 Å². The first-order valence-corrected chi connectivity index (χ1v) is 10.4. The van der Waals surface area contributed by atoms with Crippen molar-refractivity contribution in [2.24, 2.45) is 0 Å². The number of thiazole rings is 1. The van der Waals surface area contributed by atoms with E-state index in [1.165, 1.54) is 16.2 Å². The highest BCUT2D eigenvalue weighted by molar-refractivity contribution is 7.22. The number of hydrogen-bond donors (Lipinski definition) is 1. The van der Waals surface area contributed by atoms with Gasteiger partial charge in [0.05, 0.1) is 32.4 Å². The summed E-state index contributed by atoms with van der Waals surface area (Å²) in [5, 5.41) is 1.30. The van der Waals surface area contributed by atoms with Gasteiger partial charge < -0.3 is 9.64 Å². The molecule has 0 atom stereocenters. The van der Waals surface area contributed by atoms with Gasteiger partial charge >= 0.3 is 0 Å². The molecule has 7 heteroatoms. The molecule has 0 saturated carbocycles. The van der Waals surface area contributed by atoms with Crippen molar-refractivity contribution in [2.45, 2.75) is 13.3 Å². The first kappa shape index (κ1) is 20.6. The molecular formula is C21H25ClN3O2S+. The summed E-state index contributed by atoms with van der Waals surface area (Å²) < 4.78 is 6.51. The number of nitrogens with one attached hydrogen (secondary N) is 1.